The highest BCUT2D eigenvalue weighted by Crippen LogP contribution is 2.31. The van der Waals surface area contributed by atoms with Crippen LogP contribution in [0.25, 0.3) is 16.8 Å². The first-order chi connectivity index (χ1) is 15.3. The maximum absolute atomic E-state index is 13.0. The number of ketones is 1. The van der Waals surface area contributed by atoms with Gasteiger partial charge < -0.3 is 0 Å². The van der Waals surface area contributed by atoms with Crippen LogP contribution in [-0.2, 0) is 19.0 Å². The third-order valence-electron chi connectivity index (χ3n) is 5.40. The van der Waals surface area contributed by atoms with Gasteiger partial charge in [-0.05, 0) is 47.7 Å². The van der Waals surface area contributed by atoms with E-state index in [1.807, 2.05) is 31.2 Å². The second kappa shape index (κ2) is 8.79. The number of hydrogen-bond donors (Lipinski definition) is 0. The van der Waals surface area contributed by atoms with Gasteiger partial charge in [-0.2, -0.15) is 13.2 Å². The smallest absolute Gasteiger partial charge is 0.297 e. The fourth-order valence-electron chi connectivity index (χ4n) is 3.70. The summed E-state index contributed by atoms with van der Waals surface area (Å²) in [5.74, 6) is 0.00323. The molecule has 0 fully saturated rings. The number of pyridine rings is 1. The number of rotatable bonds is 6. The number of Topliss-reactive ketones (excluding diaryl/α,β-unsaturated/α-hetero) is 1. The van der Waals surface area contributed by atoms with E-state index in [9.17, 15) is 18.0 Å². The number of nitrogens with zero attached hydrogens (tertiary/aromatic N) is 2. The van der Waals surface area contributed by atoms with Crippen LogP contribution in [0.15, 0.2) is 66.9 Å². The Morgan fingerprint density at radius 3 is 2.22 bits per heavy atom. The first-order valence-corrected chi connectivity index (χ1v) is 10.6. The lowest BCUT2D eigenvalue weighted by Crippen LogP contribution is -2.08. The molecule has 0 amide bonds. The molecule has 0 saturated carbocycles. The van der Waals surface area contributed by atoms with Gasteiger partial charge >= 0.3 is 6.18 Å². The predicted octanol–water partition coefficient (Wildman–Crippen LogP) is 7.05. The van der Waals surface area contributed by atoms with Gasteiger partial charge in [0.05, 0.1) is 11.3 Å². The van der Waals surface area contributed by atoms with E-state index < -0.39 is 11.7 Å². The summed E-state index contributed by atoms with van der Waals surface area (Å²) in [5, 5.41) is 0.567. The molecule has 0 saturated heterocycles. The SMILES string of the molecule is CCc1nc2cc(Cl)ccn2c1C(=O)CCc1ccc(-c2ccc(C(F)(F)F)cc2)cc1. The quantitative estimate of drug-likeness (QED) is 0.291. The summed E-state index contributed by atoms with van der Waals surface area (Å²) < 4.78 is 40.0. The highest BCUT2D eigenvalue weighted by Gasteiger charge is 2.30. The normalized spacial score (nSPS) is 11.8. The van der Waals surface area contributed by atoms with Crippen LogP contribution in [0.2, 0.25) is 5.02 Å². The molecule has 2 aromatic carbocycles. The van der Waals surface area contributed by atoms with Crippen molar-refractivity contribution in [3.05, 3.63) is 94.4 Å². The fourth-order valence-corrected chi connectivity index (χ4v) is 3.86. The number of carbonyl (C=O) groups excluding carboxylic acids is 1. The number of aryl methyl sites for hydroxylation is 2. The van der Waals surface area contributed by atoms with Crippen molar-refractivity contribution in [1.82, 2.24) is 9.38 Å². The Bertz CT molecular complexity index is 1260. The summed E-state index contributed by atoms with van der Waals surface area (Å²) in [6, 6.07) is 16.1. The van der Waals surface area contributed by atoms with Gasteiger partial charge in [-0.25, -0.2) is 4.98 Å². The van der Waals surface area contributed by atoms with Crippen LogP contribution < -0.4 is 0 Å². The van der Waals surface area contributed by atoms with Crippen LogP contribution in [0.1, 0.15) is 40.7 Å². The number of fused-ring (bicyclic) bond motifs is 1. The van der Waals surface area contributed by atoms with Crippen LogP contribution in [0.4, 0.5) is 13.2 Å². The zero-order valence-electron chi connectivity index (χ0n) is 17.3. The first-order valence-electron chi connectivity index (χ1n) is 10.2. The van der Waals surface area contributed by atoms with E-state index in [0.29, 0.717) is 41.2 Å². The molecule has 0 aliphatic heterocycles. The van der Waals surface area contributed by atoms with Gasteiger partial charge in [0.2, 0.25) is 0 Å². The van der Waals surface area contributed by atoms with Gasteiger partial charge in [0.25, 0.3) is 0 Å². The Morgan fingerprint density at radius 1 is 1.00 bits per heavy atom. The third kappa shape index (κ3) is 4.55. The molecule has 0 N–H and O–H groups in total. The molecule has 164 valence electrons. The van der Waals surface area contributed by atoms with E-state index in [1.165, 1.54) is 12.1 Å². The molecule has 0 radical (unpaired) electrons. The molecule has 0 spiro atoms. The molecular weight excluding hydrogens is 437 g/mol. The van der Waals surface area contributed by atoms with Crippen LogP contribution in [0, 0.1) is 0 Å². The second-order valence-electron chi connectivity index (χ2n) is 7.53. The molecule has 32 heavy (non-hydrogen) atoms. The van der Waals surface area contributed by atoms with Gasteiger partial charge in [-0.1, -0.05) is 54.9 Å². The number of alkyl halides is 3. The Labute approximate surface area is 188 Å². The molecule has 7 heteroatoms. The Balaban J connectivity index is 1.47. The van der Waals surface area contributed by atoms with Crippen LogP contribution in [-0.4, -0.2) is 15.2 Å². The Hall–Kier alpha value is -3.12. The van der Waals surface area contributed by atoms with Crippen molar-refractivity contribution in [3.8, 4) is 11.1 Å². The van der Waals surface area contributed by atoms with Gasteiger partial charge in [-0.3, -0.25) is 9.20 Å². The maximum atomic E-state index is 13.0. The topological polar surface area (TPSA) is 34.4 Å². The highest BCUT2D eigenvalue weighted by molar-refractivity contribution is 6.30. The number of halogens is 4. The van der Waals surface area contributed by atoms with E-state index in [0.717, 1.165) is 29.0 Å². The van der Waals surface area contributed by atoms with Crippen molar-refractivity contribution in [2.45, 2.75) is 32.4 Å². The summed E-state index contributed by atoms with van der Waals surface area (Å²) in [7, 11) is 0. The third-order valence-corrected chi connectivity index (χ3v) is 5.63. The minimum atomic E-state index is -4.35. The van der Waals surface area contributed by atoms with E-state index >= 15 is 0 Å². The average Bonchev–Trinajstić information content (AvgIpc) is 3.15. The van der Waals surface area contributed by atoms with E-state index in [4.69, 9.17) is 11.6 Å². The van der Waals surface area contributed by atoms with Crippen LogP contribution in [0.5, 0.6) is 0 Å². The number of benzene rings is 2. The van der Waals surface area contributed by atoms with Crippen molar-refractivity contribution in [1.29, 1.82) is 0 Å². The molecule has 4 aromatic rings. The van der Waals surface area contributed by atoms with Gasteiger partial charge in [0.1, 0.15) is 11.3 Å². The molecule has 0 unspecified atom stereocenters. The number of hydrogen-bond acceptors (Lipinski definition) is 2. The van der Waals surface area contributed by atoms with Gasteiger partial charge in [-0.15, -0.1) is 0 Å². The van der Waals surface area contributed by atoms with Crippen molar-refractivity contribution in [2.24, 2.45) is 0 Å². The fraction of sp³-hybridized carbons (Fsp3) is 0.200. The lowest BCUT2D eigenvalue weighted by atomic mass is 9.99. The zero-order chi connectivity index (χ0) is 22.9. The van der Waals surface area contributed by atoms with Gasteiger partial charge in [0.15, 0.2) is 5.78 Å². The number of carbonyl (C=O) groups is 1. The number of imidazole rings is 1. The monoisotopic (exact) mass is 456 g/mol. The summed E-state index contributed by atoms with van der Waals surface area (Å²) in [6.45, 7) is 1.96. The van der Waals surface area contributed by atoms with E-state index in [1.54, 1.807) is 22.7 Å². The molecule has 4 rings (SSSR count). The molecule has 0 bridgehead atoms. The van der Waals surface area contributed by atoms with Crippen LogP contribution in [0.3, 0.4) is 0 Å². The summed E-state index contributed by atoms with van der Waals surface area (Å²) in [5.41, 5.74) is 3.81. The molecule has 2 aromatic heterocycles. The molecular formula is C25H20ClF3N2O. The lowest BCUT2D eigenvalue weighted by molar-refractivity contribution is -0.137. The highest BCUT2D eigenvalue weighted by atomic mass is 35.5. The number of aromatic nitrogens is 2. The molecule has 2 heterocycles. The Morgan fingerprint density at radius 2 is 1.62 bits per heavy atom. The molecule has 3 nitrogen and oxygen atoms in total. The largest absolute Gasteiger partial charge is 0.416 e. The molecule has 0 atom stereocenters. The standard InChI is InChI=1S/C25H20ClF3N2O/c1-2-21-24(31-14-13-20(26)15-23(31)30-21)22(32)12-5-16-3-6-17(7-4-16)18-8-10-19(11-9-18)25(27,28)29/h3-4,6-11,13-15H,2,5,12H2,1H3. The van der Waals surface area contributed by atoms with Crippen LogP contribution >= 0.6 is 11.6 Å². The summed E-state index contributed by atoms with van der Waals surface area (Å²) in [4.78, 5) is 17.5. The van der Waals surface area contributed by atoms with Crippen molar-refractivity contribution < 1.29 is 18.0 Å². The lowest BCUT2D eigenvalue weighted by Gasteiger charge is -2.08. The van der Waals surface area contributed by atoms with Crippen molar-refractivity contribution >= 4 is 23.0 Å². The van der Waals surface area contributed by atoms with Crippen molar-refractivity contribution in [2.75, 3.05) is 0 Å². The first kappa shape index (κ1) is 22.1. The molecule has 0 aliphatic carbocycles. The van der Waals surface area contributed by atoms with E-state index in [2.05, 4.69) is 4.98 Å². The minimum Gasteiger partial charge on any atom is -0.297 e. The summed E-state index contributed by atoms with van der Waals surface area (Å²) >= 11 is 6.04. The van der Waals surface area contributed by atoms with Crippen molar-refractivity contribution in [3.63, 3.8) is 0 Å². The summed E-state index contributed by atoms with van der Waals surface area (Å²) in [6.07, 6.45) is -1.07. The average molecular weight is 457 g/mol. The Kier molecular flexibility index (Phi) is 6.07. The zero-order valence-corrected chi connectivity index (χ0v) is 18.0. The predicted molar refractivity (Wildman–Crippen MR) is 119 cm³/mol. The maximum Gasteiger partial charge on any atom is 0.416 e. The minimum absolute atomic E-state index is 0.00323. The second-order valence-corrected chi connectivity index (χ2v) is 7.97. The van der Waals surface area contributed by atoms with E-state index in [-0.39, 0.29) is 5.78 Å². The molecule has 0 aliphatic rings. The van der Waals surface area contributed by atoms with Gasteiger partial charge in [0, 0.05) is 23.7 Å².